The van der Waals surface area contributed by atoms with E-state index in [1.807, 2.05) is 0 Å². The highest BCUT2D eigenvalue weighted by Gasteiger charge is 2.13. The smallest absolute Gasteiger partial charge is 0.232 e. The minimum Gasteiger partial charge on any atom is -0.326 e. The fourth-order valence-electron chi connectivity index (χ4n) is 2.08. The van der Waals surface area contributed by atoms with Crippen LogP contribution in [0.25, 0.3) is 0 Å². The number of benzene rings is 1. The van der Waals surface area contributed by atoms with Crippen molar-refractivity contribution in [2.45, 2.75) is 46.5 Å². The molecule has 1 aromatic carbocycles. The van der Waals surface area contributed by atoms with Crippen LogP contribution in [0.5, 0.6) is 0 Å². The third-order valence-corrected chi connectivity index (χ3v) is 4.76. The van der Waals surface area contributed by atoms with Gasteiger partial charge in [0.15, 0.2) is 0 Å². The van der Waals surface area contributed by atoms with Crippen LogP contribution < -0.4 is 10.0 Å². The maximum Gasteiger partial charge on any atom is 0.232 e. The fourth-order valence-corrected chi connectivity index (χ4v) is 3.28. The molecule has 1 rings (SSSR count). The minimum absolute atomic E-state index is 0.0497. The number of Topliss-reactive ketones (excluding diaryl/α,β-unsaturated/α-hetero) is 1. The van der Waals surface area contributed by atoms with E-state index in [0.29, 0.717) is 36.2 Å². The summed E-state index contributed by atoms with van der Waals surface area (Å²) in [6, 6.07) is 5.06. The number of ketones is 1. The van der Waals surface area contributed by atoms with Gasteiger partial charge in [0.25, 0.3) is 0 Å². The molecule has 2 N–H and O–H groups in total. The van der Waals surface area contributed by atoms with Crippen LogP contribution in [-0.4, -0.2) is 25.9 Å². The molecule has 23 heavy (non-hydrogen) atoms. The molecule has 1 aromatic rings. The molecule has 0 radical (unpaired) electrons. The van der Waals surface area contributed by atoms with E-state index in [2.05, 4.69) is 10.0 Å². The number of sulfonamides is 1. The van der Waals surface area contributed by atoms with Crippen molar-refractivity contribution in [2.24, 2.45) is 0 Å². The summed E-state index contributed by atoms with van der Waals surface area (Å²) in [5.41, 5.74) is 1.68. The summed E-state index contributed by atoms with van der Waals surface area (Å²) < 4.78 is 26.3. The number of hydrogen-bond donors (Lipinski definition) is 2. The van der Waals surface area contributed by atoms with Gasteiger partial charge in [0, 0.05) is 18.5 Å². The topological polar surface area (TPSA) is 92.3 Å². The zero-order valence-corrected chi connectivity index (χ0v) is 14.6. The van der Waals surface area contributed by atoms with Gasteiger partial charge in [-0.2, -0.15) is 0 Å². The molecule has 0 aliphatic heterocycles. The molecule has 0 bridgehead atoms. The van der Waals surface area contributed by atoms with E-state index in [1.54, 1.807) is 32.0 Å². The third kappa shape index (κ3) is 6.81. The second kappa shape index (κ2) is 8.67. The Hall–Kier alpha value is -1.89. The number of amides is 1. The molecule has 0 saturated carbocycles. The van der Waals surface area contributed by atoms with Crippen LogP contribution >= 0.6 is 0 Å². The average Bonchev–Trinajstić information content (AvgIpc) is 2.42. The van der Waals surface area contributed by atoms with E-state index in [4.69, 9.17) is 0 Å². The molecule has 0 heterocycles. The Kier molecular flexibility index (Phi) is 7.22. The van der Waals surface area contributed by atoms with E-state index < -0.39 is 10.0 Å². The Bertz CT molecular complexity index is 669. The molecule has 0 aromatic heterocycles. The normalized spacial score (nSPS) is 11.1. The molecule has 0 atom stereocenters. The largest absolute Gasteiger partial charge is 0.326 e. The van der Waals surface area contributed by atoms with Gasteiger partial charge in [0.05, 0.1) is 11.4 Å². The first-order chi connectivity index (χ1) is 10.7. The lowest BCUT2D eigenvalue weighted by atomic mass is 10.1. The molecule has 0 unspecified atom stereocenters. The maximum atomic E-state index is 11.9. The van der Waals surface area contributed by atoms with E-state index in [9.17, 15) is 18.0 Å². The van der Waals surface area contributed by atoms with Crippen LogP contribution in [0.3, 0.4) is 0 Å². The van der Waals surface area contributed by atoms with E-state index in [1.165, 1.54) is 6.92 Å². The molecule has 0 aliphatic rings. The van der Waals surface area contributed by atoms with E-state index >= 15 is 0 Å². The maximum absolute atomic E-state index is 11.9. The molecule has 0 spiro atoms. The van der Waals surface area contributed by atoms with Gasteiger partial charge in [0.1, 0.15) is 5.78 Å². The zero-order chi connectivity index (χ0) is 17.5. The quantitative estimate of drug-likeness (QED) is 0.723. The lowest BCUT2D eigenvalue weighted by molar-refractivity contribution is -0.117. The summed E-state index contributed by atoms with van der Waals surface area (Å²) in [4.78, 5) is 22.8. The molecule has 0 aliphatic carbocycles. The van der Waals surface area contributed by atoms with Gasteiger partial charge in [-0.25, -0.2) is 8.42 Å². The Balaban J connectivity index is 2.76. The van der Waals surface area contributed by atoms with Gasteiger partial charge in [-0.3, -0.25) is 9.52 Å². The molecule has 0 fully saturated rings. The minimum atomic E-state index is -3.38. The van der Waals surface area contributed by atoms with Gasteiger partial charge in [-0.15, -0.1) is 0 Å². The van der Waals surface area contributed by atoms with Crippen molar-refractivity contribution >= 4 is 33.1 Å². The second-order valence-corrected chi connectivity index (χ2v) is 7.34. The zero-order valence-electron chi connectivity index (χ0n) is 13.8. The van der Waals surface area contributed by atoms with Crippen LogP contribution in [0, 0.1) is 6.92 Å². The Morgan fingerprint density at radius 1 is 1.13 bits per heavy atom. The predicted octanol–water partition coefficient (Wildman–Crippen LogP) is 2.84. The summed E-state index contributed by atoms with van der Waals surface area (Å²) in [7, 11) is -3.38. The van der Waals surface area contributed by atoms with Crippen molar-refractivity contribution in [3.05, 3.63) is 23.8 Å². The first-order valence-corrected chi connectivity index (χ1v) is 9.29. The molecular weight excluding hydrogens is 316 g/mol. The van der Waals surface area contributed by atoms with Crippen molar-refractivity contribution in [1.29, 1.82) is 0 Å². The fraction of sp³-hybridized carbons (Fsp3) is 0.500. The summed E-state index contributed by atoms with van der Waals surface area (Å²) >= 11 is 0. The number of hydrogen-bond acceptors (Lipinski definition) is 4. The first-order valence-electron chi connectivity index (χ1n) is 7.64. The monoisotopic (exact) mass is 340 g/mol. The van der Waals surface area contributed by atoms with Gasteiger partial charge in [-0.1, -0.05) is 13.0 Å². The van der Waals surface area contributed by atoms with Crippen LogP contribution in [-0.2, 0) is 19.6 Å². The summed E-state index contributed by atoms with van der Waals surface area (Å²) in [6.45, 7) is 5.03. The highest BCUT2D eigenvalue weighted by Crippen LogP contribution is 2.24. The molecule has 7 heteroatoms. The van der Waals surface area contributed by atoms with E-state index in [0.717, 1.165) is 0 Å². The van der Waals surface area contributed by atoms with Crippen molar-refractivity contribution in [3.8, 4) is 0 Å². The van der Waals surface area contributed by atoms with Crippen molar-refractivity contribution in [3.63, 3.8) is 0 Å². The van der Waals surface area contributed by atoms with Crippen molar-refractivity contribution < 1.29 is 18.0 Å². The Labute approximate surface area is 137 Å². The highest BCUT2D eigenvalue weighted by molar-refractivity contribution is 7.92. The second-order valence-electron chi connectivity index (χ2n) is 5.50. The predicted molar refractivity (Wildman–Crippen MR) is 92.0 cm³/mol. The molecular formula is C16H24N2O4S. The molecule has 1 amide bonds. The third-order valence-electron chi connectivity index (χ3n) is 3.28. The van der Waals surface area contributed by atoms with Crippen LogP contribution in [0.15, 0.2) is 18.2 Å². The number of rotatable bonds is 9. The Morgan fingerprint density at radius 3 is 2.39 bits per heavy atom. The molecule has 6 nitrogen and oxygen atoms in total. The van der Waals surface area contributed by atoms with Crippen molar-refractivity contribution in [1.82, 2.24) is 0 Å². The van der Waals surface area contributed by atoms with Gasteiger partial charge < -0.3 is 10.1 Å². The number of anilines is 2. The van der Waals surface area contributed by atoms with Crippen LogP contribution in [0.2, 0.25) is 0 Å². The van der Waals surface area contributed by atoms with Crippen LogP contribution in [0.1, 0.15) is 45.1 Å². The summed E-state index contributed by atoms with van der Waals surface area (Å²) in [6.07, 6.45) is 1.66. The first kappa shape index (κ1) is 19.2. The summed E-state index contributed by atoms with van der Waals surface area (Å²) in [5, 5.41) is 2.76. The number of carbonyl (C=O) groups excluding carboxylic acids is 2. The van der Waals surface area contributed by atoms with Gasteiger partial charge in [-0.05, 0) is 44.4 Å². The average molecular weight is 340 g/mol. The van der Waals surface area contributed by atoms with Crippen LogP contribution in [0.4, 0.5) is 11.4 Å². The highest BCUT2D eigenvalue weighted by atomic mass is 32.2. The standard InChI is InChI=1S/C16H24N2O4S/c1-4-11-23(21,22)18-15-9-6-8-14(13(15)3)17-16(20)10-5-7-12(2)19/h6,8-9,18H,4-5,7,10-11H2,1-3H3,(H,17,20). The molecule has 128 valence electrons. The van der Waals surface area contributed by atoms with Gasteiger partial charge in [0.2, 0.25) is 15.9 Å². The molecule has 0 saturated heterocycles. The lowest BCUT2D eigenvalue weighted by Crippen LogP contribution is -2.18. The SMILES string of the molecule is CCCS(=O)(=O)Nc1cccc(NC(=O)CCCC(C)=O)c1C. The number of carbonyl (C=O) groups is 2. The van der Waals surface area contributed by atoms with Gasteiger partial charge >= 0.3 is 0 Å². The number of nitrogens with one attached hydrogen (secondary N) is 2. The Morgan fingerprint density at radius 2 is 1.78 bits per heavy atom. The lowest BCUT2D eigenvalue weighted by Gasteiger charge is -2.14. The van der Waals surface area contributed by atoms with Crippen molar-refractivity contribution in [2.75, 3.05) is 15.8 Å². The summed E-state index contributed by atoms with van der Waals surface area (Å²) in [5.74, 6) is -0.0853. The van der Waals surface area contributed by atoms with E-state index in [-0.39, 0.29) is 23.9 Å².